The van der Waals surface area contributed by atoms with Gasteiger partial charge in [-0.2, -0.15) is 0 Å². The Balaban J connectivity index is 1.72. The van der Waals surface area contributed by atoms with Gasteiger partial charge in [0, 0.05) is 6.04 Å². The third-order valence-corrected chi connectivity index (χ3v) is 3.65. The highest BCUT2D eigenvalue weighted by molar-refractivity contribution is 5.29. The molecule has 1 N–H and O–H groups in total. The van der Waals surface area contributed by atoms with Gasteiger partial charge >= 0.3 is 0 Å². The first kappa shape index (κ1) is 11.9. The van der Waals surface area contributed by atoms with Crippen LogP contribution in [0.3, 0.4) is 0 Å². The van der Waals surface area contributed by atoms with Crippen molar-refractivity contribution in [2.24, 2.45) is 0 Å². The average Bonchev–Trinajstić information content (AvgIpc) is 3.10. The summed E-state index contributed by atoms with van der Waals surface area (Å²) in [7, 11) is 0. The van der Waals surface area contributed by atoms with Gasteiger partial charge in [-0.25, -0.2) is 0 Å². The lowest BCUT2D eigenvalue weighted by molar-refractivity contribution is 0.688. The van der Waals surface area contributed by atoms with Gasteiger partial charge < -0.3 is 5.32 Å². The van der Waals surface area contributed by atoms with Gasteiger partial charge in [0.05, 0.1) is 0 Å². The summed E-state index contributed by atoms with van der Waals surface area (Å²) in [4.78, 5) is 0. The zero-order valence-electron chi connectivity index (χ0n) is 10.6. The Morgan fingerprint density at radius 1 is 1.38 bits per heavy atom. The Morgan fingerprint density at radius 3 is 3.06 bits per heavy atom. The van der Waals surface area contributed by atoms with E-state index in [1.165, 1.54) is 56.9 Å². The van der Waals surface area contributed by atoms with Crippen LogP contribution in [0.15, 0.2) is 23.3 Å². The first-order valence-electron chi connectivity index (χ1n) is 6.96. The Hall–Kier alpha value is -0.560. The highest BCUT2D eigenvalue weighted by Crippen LogP contribution is 2.23. The second kappa shape index (κ2) is 6.24. The second-order valence-corrected chi connectivity index (χ2v) is 5.23. The van der Waals surface area contributed by atoms with Crippen LogP contribution in [0, 0.1) is 0 Å². The highest BCUT2D eigenvalue weighted by atomic mass is 14.9. The maximum Gasteiger partial charge on any atom is 0.00683 e. The molecule has 0 aliphatic heterocycles. The Kier molecular flexibility index (Phi) is 4.65. The molecule has 0 heterocycles. The summed E-state index contributed by atoms with van der Waals surface area (Å²) in [5, 5.41) is 3.56. The molecule has 0 spiro atoms. The summed E-state index contributed by atoms with van der Waals surface area (Å²) in [5.41, 5.74) is 3.14. The zero-order chi connectivity index (χ0) is 11.2. The number of hydrogen-bond donors (Lipinski definition) is 1. The molecule has 0 radical (unpaired) electrons. The predicted octanol–water partition coefficient (Wildman–Crippen LogP) is 3.97. The summed E-state index contributed by atoms with van der Waals surface area (Å²) in [6.45, 7) is 3.45. The molecule has 1 nitrogen and oxygen atoms in total. The molecule has 2 aliphatic rings. The van der Waals surface area contributed by atoms with Gasteiger partial charge in [0.15, 0.2) is 0 Å². The van der Waals surface area contributed by atoms with Crippen LogP contribution in [0.2, 0.25) is 0 Å². The lowest BCUT2D eigenvalue weighted by Gasteiger charge is -2.06. The van der Waals surface area contributed by atoms with Crippen LogP contribution in [-0.2, 0) is 0 Å². The van der Waals surface area contributed by atoms with Crippen molar-refractivity contribution < 1.29 is 0 Å². The van der Waals surface area contributed by atoms with Crippen molar-refractivity contribution in [3.63, 3.8) is 0 Å². The van der Waals surface area contributed by atoms with Gasteiger partial charge in [-0.05, 0) is 64.0 Å². The quantitative estimate of drug-likeness (QED) is 0.690. The van der Waals surface area contributed by atoms with Crippen LogP contribution in [0.5, 0.6) is 0 Å². The largest absolute Gasteiger partial charge is 0.314 e. The topological polar surface area (TPSA) is 12.0 Å². The molecular weight excluding hydrogens is 194 g/mol. The minimum atomic E-state index is 0.853. The lowest BCUT2D eigenvalue weighted by Crippen LogP contribution is -2.16. The summed E-state index contributed by atoms with van der Waals surface area (Å²) >= 11 is 0. The molecular formula is C15H25N. The second-order valence-electron chi connectivity index (χ2n) is 5.23. The number of allylic oxidation sites excluding steroid dienone is 3. The Labute approximate surface area is 100 Å². The normalized spacial score (nSPS) is 22.8. The van der Waals surface area contributed by atoms with Gasteiger partial charge in [-0.15, -0.1) is 0 Å². The molecule has 0 aromatic carbocycles. The molecule has 0 unspecified atom stereocenters. The first-order chi connectivity index (χ1) is 7.86. The molecule has 0 saturated heterocycles. The van der Waals surface area contributed by atoms with Gasteiger partial charge in [-0.1, -0.05) is 24.1 Å². The van der Waals surface area contributed by atoms with Gasteiger partial charge in [0.25, 0.3) is 0 Å². The molecule has 1 saturated carbocycles. The summed E-state index contributed by atoms with van der Waals surface area (Å²) in [6, 6.07) is 0.853. The van der Waals surface area contributed by atoms with E-state index in [1.807, 2.05) is 0 Å². The molecule has 1 fully saturated rings. The van der Waals surface area contributed by atoms with Crippen molar-refractivity contribution in [1.82, 2.24) is 5.32 Å². The van der Waals surface area contributed by atoms with E-state index in [9.17, 15) is 0 Å². The van der Waals surface area contributed by atoms with Crippen molar-refractivity contribution in [2.75, 3.05) is 6.54 Å². The van der Waals surface area contributed by atoms with Crippen LogP contribution in [-0.4, -0.2) is 12.6 Å². The minimum Gasteiger partial charge on any atom is -0.314 e. The van der Waals surface area contributed by atoms with E-state index in [2.05, 4.69) is 24.4 Å². The summed E-state index contributed by atoms with van der Waals surface area (Å²) < 4.78 is 0. The minimum absolute atomic E-state index is 0.853. The number of rotatable bonds is 5. The molecule has 0 atom stereocenters. The van der Waals surface area contributed by atoms with Crippen LogP contribution in [0.4, 0.5) is 0 Å². The van der Waals surface area contributed by atoms with E-state index in [0.717, 1.165) is 12.6 Å². The van der Waals surface area contributed by atoms with Gasteiger partial charge in [-0.3, -0.25) is 0 Å². The SMILES string of the molecule is CC(=CCCNC1CC1)C1=CCCCCC1. The molecule has 2 rings (SSSR count). The maximum atomic E-state index is 3.56. The van der Waals surface area contributed by atoms with E-state index in [1.54, 1.807) is 5.57 Å². The molecule has 0 aromatic rings. The molecule has 0 bridgehead atoms. The smallest absolute Gasteiger partial charge is 0.00683 e. The number of hydrogen-bond acceptors (Lipinski definition) is 1. The molecule has 0 aromatic heterocycles. The Morgan fingerprint density at radius 2 is 2.25 bits per heavy atom. The van der Waals surface area contributed by atoms with Crippen LogP contribution in [0.1, 0.15) is 58.3 Å². The monoisotopic (exact) mass is 219 g/mol. The van der Waals surface area contributed by atoms with Crippen molar-refractivity contribution in [3.8, 4) is 0 Å². The molecule has 0 amide bonds. The molecule has 90 valence electrons. The summed E-state index contributed by atoms with van der Waals surface area (Å²) in [6.07, 6.45) is 15.7. The third kappa shape index (κ3) is 4.13. The van der Waals surface area contributed by atoms with E-state index >= 15 is 0 Å². The predicted molar refractivity (Wildman–Crippen MR) is 70.6 cm³/mol. The zero-order valence-corrected chi connectivity index (χ0v) is 10.6. The van der Waals surface area contributed by atoms with Crippen LogP contribution >= 0.6 is 0 Å². The van der Waals surface area contributed by atoms with E-state index < -0.39 is 0 Å². The summed E-state index contributed by atoms with van der Waals surface area (Å²) in [5.74, 6) is 0. The standard InChI is InChI=1S/C15H25N/c1-13(7-6-12-16-15-10-11-15)14-8-4-2-3-5-9-14/h7-8,15-16H,2-6,9-12H2,1H3. The molecule has 16 heavy (non-hydrogen) atoms. The fourth-order valence-electron chi connectivity index (χ4n) is 2.37. The van der Waals surface area contributed by atoms with E-state index in [0.29, 0.717) is 0 Å². The van der Waals surface area contributed by atoms with Gasteiger partial charge in [0.1, 0.15) is 0 Å². The van der Waals surface area contributed by atoms with E-state index in [4.69, 9.17) is 0 Å². The van der Waals surface area contributed by atoms with Crippen LogP contribution in [0.25, 0.3) is 0 Å². The molecule has 1 heteroatoms. The van der Waals surface area contributed by atoms with Crippen molar-refractivity contribution >= 4 is 0 Å². The average molecular weight is 219 g/mol. The van der Waals surface area contributed by atoms with Crippen LogP contribution < -0.4 is 5.32 Å². The molecule has 2 aliphatic carbocycles. The first-order valence-corrected chi connectivity index (χ1v) is 6.96. The lowest BCUT2D eigenvalue weighted by atomic mass is 10.0. The number of nitrogens with one attached hydrogen (secondary N) is 1. The third-order valence-electron chi connectivity index (χ3n) is 3.65. The fraction of sp³-hybridized carbons (Fsp3) is 0.733. The van der Waals surface area contributed by atoms with Gasteiger partial charge in [0.2, 0.25) is 0 Å². The fourth-order valence-corrected chi connectivity index (χ4v) is 2.37. The van der Waals surface area contributed by atoms with Crippen molar-refractivity contribution in [2.45, 2.75) is 64.3 Å². The van der Waals surface area contributed by atoms with E-state index in [-0.39, 0.29) is 0 Å². The van der Waals surface area contributed by atoms with Crippen molar-refractivity contribution in [1.29, 1.82) is 0 Å². The highest BCUT2D eigenvalue weighted by Gasteiger charge is 2.19. The van der Waals surface area contributed by atoms with Crippen molar-refractivity contribution in [3.05, 3.63) is 23.3 Å². The maximum absolute atomic E-state index is 3.56. The Bertz CT molecular complexity index is 271.